The van der Waals surface area contributed by atoms with E-state index in [2.05, 4.69) is 154 Å². The highest BCUT2D eigenvalue weighted by Gasteiger charge is 2.21. The quantitative estimate of drug-likeness (QED) is 0.161. The fourth-order valence-corrected chi connectivity index (χ4v) is 8.10. The van der Waals surface area contributed by atoms with Crippen molar-refractivity contribution in [2.24, 2.45) is 0 Å². The number of para-hydroxylation sites is 7. The van der Waals surface area contributed by atoms with Gasteiger partial charge in [-0.1, -0.05) is 91.0 Å². The van der Waals surface area contributed by atoms with Gasteiger partial charge in [0, 0.05) is 44.5 Å². The molecule has 2 aromatic heterocycles. The topological polar surface area (TPSA) is 74.4 Å². The zero-order valence-corrected chi connectivity index (χ0v) is 30.2. The zero-order chi connectivity index (χ0) is 37.0. The van der Waals surface area contributed by atoms with E-state index in [-0.39, 0.29) is 0 Å². The van der Waals surface area contributed by atoms with E-state index < -0.39 is 0 Å². The number of nitrogens with zero attached hydrogens (tertiary/aromatic N) is 3. The molecule has 10 rings (SSSR count). The number of rotatable bonds is 7. The molecule has 0 aliphatic carbocycles. The Bertz CT molecular complexity index is 3070. The summed E-state index contributed by atoms with van der Waals surface area (Å²) in [5, 5.41) is 4.64. The van der Waals surface area contributed by atoms with E-state index in [9.17, 15) is 0 Å². The molecule has 0 aliphatic heterocycles. The Labute approximate surface area is 318 Å². The Morgan fingerprint density at radius 3 is 1.60 bits per heavy atom. The van der Waals surface area contributed by atoms with E-state index in [1.54, 1.807) is 0 Å². The minimum atomic E-state index is 0.715. The molecule has 6 nitrogen and oxygen atoms in total. The summed E-state index contributed by atoms with van der Waals surface area (Å²) >= 11 is 0. The third-order valence-corrected chi connectivity index (χ3v) is 10.7. The smallest absolute Gasteiger partial charge is 0.132 e. The van der Waals surface area contributed by atoms with Gasteiger partial charge < -0.3 is 30.2 Å². The standard InChI is InChI=1S/C49H37N5O/c1-32-42(24-13-25-49(32)55-35-27-29-39-37-17-6-10-21-44(37)54(48(39)31-35)46-23-12-8-19-41(46)51)52(33-14-3-2-4-15-33)34-26-28-38-36-16-5-9-20-43(36)53(47(38)30-34)45-22-11-7-18-40(45)50/h2-31H,50-51H2,1H3. The van der Waals surface area contributed by atoms with Gasteiger partial charge in [-0.2, -0.15) is 0 Å². The maximum Gasteiger partial charge on any atom is 0.132 e. The van der Waals surface area contributed by atoms with E-state index in [1.165, 1.54) is 5.39 Å². The zero-order valence-electron chi connectivity index (χ0n) is 30.2. The first-order chi connectivity index (χ1) is 27.0. The van der Waals surface area contributed by atoms with Crippen LogP contribution < -0.4 is 21.1 Å². The van der Waals surface area contributed by atoms with Gasteiger partial charge in [0.1, 0.15) is 11.5 Å². The molecular formula is C49H37N5O. The van der Waals surface area contributed by atoms with Crippen LogP contribution in [0.25, 0.3) is 55.0 Å². The molecule has 0 unspecified atom stereocenters. The SMILES string of the molecule is Cc1c(Oc2ccc3c4ccccc4n(-c4ccccc4N)c3c2)cccc1N(c1ccccc1)c1ccc2c3ccccc3n(-c3ccccc3N)c2c1. The van der Waals surface area contributed by atoms with Crippen molar-refractivity contribution >= 4 is 72.0 Å². The molecule has 8 aromatic carbocycles. The molecule has 55 heavy (non-hydrogen) atoms. The molecule has 0 spiro atoms. The fourth-order valence-electron chi connectivity index (χ4n) is 8.10. The van der Waals surface area contributed by atoms with Gasteiger partial charge in [-0.3, -0.25) is 0 Å². The van der Waals surface area contributed by atoms with Crippen LogP contribution in [0.3, 0.4) is 0 Å². The van der Waals surface area contributed by atoms with Crippen LogP contribution in [-0.4, -0.2) is 9.13 Å². The summed E-state index contributed by atoms with van der Waals surface area (Å²) < 4.78 is 11.3. The third-order valence-electron chi connectivity index (χ3n) is 10.7. The van der Waals surface area contributed by atoms with Gasteiger partial charge >= 0.3 is 0 Å². The second-order valence-corrected chi connectivity index (χ2v) is 13.9. The Hall–Kier alpha value is -7.44. The van der Waals surface area contributed by atoms with Crippen molar-refractivity contribution in [2.75, 3.05) is 16.4 Å². The summed E-state index contributed by atoms with van der Waals surface area (Å²) in [5.41, 5.74) is 24.9. The lowest BCUT2D eigenvalue weighted by Crippen LogP contribution is -2.12. The number of anilines is 5. The van der Waals surface area contributed by atoms with Crippen molar-refractivity contribution in [1.82, 2.24) is 9.13 Å². The Balaban J connectivity index is 1.12. The average Bonchev–Trinajstić information content (AvgIpc) is 3.72. The molecule has 0 fully saturated rings. The second-order valence-electron chi connectivity index (χ2n) is 13.9. The molecule has 264 valence electrons. The number of fused-ring (bicyclic) bond motifs is 6. The lowest BCUT2D eigenvalue weighted by atomic mass is 10.1. The van der Waals surface area contributed by atoms with Crippen LogP contribution in [0.15, 0.2) is 182 Å². The third kappa shape index (κ3) is 5.26. The molecule has 0 saturated carbocycles. The van der Waals surface area contributed by atoms with Gasteiger partial charge in [-0.25, -0.2) is 0 Å². The fraction of sp³-hybridized carbons (Fsp3) is 0.0204. The second kappa shape index (κ2) is 12.9. The van der Waals surface area contributed by atoms with Crippen LogP contribution in [0.1, 0.15) is 5.56 Å². The summed E-state index contributed by atoms with van der Waals surface area (Å²) in [6.45, 7) is 2.13. The van der Waals surface area contributed by atoms with Crippen LogP contribution in [0.2, 0.25) is 0 Å². The van der Waals surface area contributed by atoms with Crippen LogP contribution in [0.5, 0.6) is 11.5 Å². The van der Waals surface area contributed by atoms with Crippen molar-refractivity contribution in [2.45, 2.75) is 6.92 Å². The van der Waals surface area contributed by atoms with Crippen LogP contribution in [-0.2, 0) is 0 Å². The molecule has 10 aromatic rings. The molecule has 0 saturated heterocycles. The summed E-state index contributed by atoms with van der Waals surface area (Å²) in [7, 11) is 0. The summed E-state index contributed by atoms with van der Waals surface area (Å²) in [5.74, 6) is 1.51. The predicted molar refractivity (Wildman–Crippen MR) is 230 cm³/mol. The van der Waals surface area contributed by atoms with Gasteiger partial charge in [-0.15, -0.1) is 0 Å². The number of nitrogens with two attached hydrogens (primary N) is 2. The van der Waals surface area contributed by atoms with E-state index >= 15 is 0 Å². The highest BCUT2D eigenvalue weighted by atomic mass is 16.5. The number of ether oxygens (including phenoxy) is 1. The molecule has 0 amide bonds. The molecule has 6 heteroatoms. The lowest BCUT2D eigenvalue weighted by molar-refractivity contribution is 0.479. The largest absolute Gasteiger partial charge is 0.457 e. The Kier molecular flexibility index (Phi) is 7.56. The minimum absolute atomic E-state index is 0.715. The molecule has 0 radical (unpaired) electrons. The average molecular weight is 712 g/mol. The van der Waals surface area contributed by atoms with Gasteiger partial charge in [0.15, 0.2) is 0 Å². The van der Waals surface area contributed by atoms with E-state index in [0.717, 1.165) is 89.4 Å². The van der Waals surface area contributed by atoms with Crippen molar-refractivity contribution in [1.29, 1.82) is 0 Å². The lowest BCUT2D eigenvalue weighted by Gasteiger charge is -2.28. The number of hydrogen-bond acceptors (Lipinski definition) is 4. The summed E-state index contributed by atoms with van der Waals surface area (Å²) in [4.78, 5) is 2.30. The number of hydrogen-bond donors (Lipinski definition) is 2. The van der Waals surface area contributed by atoms with Crippen molar-refractivity contribution in [3.63, 3.8) is 0 Å². The van der Waals surface area contributed by atoms with Gasteiger partial charge in [0.2, 0.25) is 0 Å². The Morgan fingerprint density at radius 2 is 0.964 bits per heavy atom. The monoisotopic (exact) mass is 711 g/mol. The summed E-state index contributed by atoms with van der Waals surface area (Å²) in [6, 6.07) is 62.7. The maximum atomic E-state index is 6.81. The molecule has 0 atom stereocenters. The van der Waals surface area contributed by atoms with E-state index in [4.69, 9.17) is 16.2 Å². The molecule has 2 heterocycles. The van der Waals surface area contributed by atoms with Crippen LogP contribution in [0.4, 0.5) is 28.4 Å². The predicted octanol–water partition coefficient (Wildman–Crippen LogP) is 12.6. The normalized spacial score (nSPS) is 11.5. The minimum Gasteiger partial charge on any atom is -0.457 e. The van der Waals surface area contributed by atoms with Crippen LogP contribution in [0, 0.1) is 6.92 Å². The van der Waals surface area contributed by atoms with Gasteiger partial charge in [-0.05, 0) is 91.9 Å². The first kappa shape index (κ1) is 32.2. The molecular weight excluding hydrogens is 675 g/mol. The van der Waals surface area contributed by atoms with E-state index in [0.29, 0.717) is 5.69 Å². The molecule has 4 N–H and O–H groups in total. The van der Waals surface area contributed by atoms with Gasteiger partial charge in [0.05, 0.1) is 50.5 Å². The van der Waals surface area contributed by atoms with Crippen LogP contribution >= 0.6 is 0 Å². The number of aromatic nitrogens is 2. The van der Waals surface area contributed by atoms with Crippen molar-refractivity contribution in [3.8, 4) is 22.9 Å². The number of nitrogen functional groups attached to an aromatic ring is 2. The molecule has 0 bridgehead atoms. The Morgan fingerprint density at radius 1 is 0.436 bits per heavy atom. The molecule has 0 aliphatic rings. The van der Waals surface area contributed by atoms with Gasteiger partial charge in [0.25, 0.3) is 0 Å². The van der Waals surface area contributed by atoms with Crippen molar-refractivity contribution in [3.05, 3.63) is 188 Å². The highest BCUT2D eigenvalue weighted by molar-refractivity contribution is 6.11. The highest BCUT2D eigenvalue weighted by Crippen LogP contribution is 2.44. The van der Waals surface area contributed by atoms with E-state index in [1.807, 2.05) is 48.5 Å². The number of benzene rings is 8. The maximum absolute atomic E-state index is 6.81. The first-order valence-electron chi connectivity index (χ1n) is 18.4. The first-order valence-corrected chi connectivity index (χ1v) is 18.4. The summed E-state index contributed by atoms with van der Waals surface area (Å²) in [6.07, 6.45) is 0. The van der Waals surface area contributed by atoms with Crippen molar-refractivity contribution < 1.29 is 4.74 Å².